The van der Waals surface area contributed by atoms with Crippen LogP contribution in [-0.4, -0.2) is 51.5 Å². The molecular formula is C23H21BrN6O4S2. The number of ether oxygens (including phenoxy) is 2. The van der Waals surface area contributed by atoms with Gasteiger partial charge in [-0.1, -0.05) is 27.7 Å². The highest BCUT2D eigenvalue weighted by molar-refractivity contribution is 9.10. The summed E-state index contributed by atoms with van der Waals surface area (Å²) in [5.74, 6) is 1.10. The van der Waals surface area contributed by atoms with Gasteiger partial charge in [0, 0.05) is 33.4 Å². The highest BCUT2D eigenvalue weighted by Gasteiger charge is 2.18. The largest absolute Gasteiger partial charge is 0.497 e. The second-order valence-electron chi connectivity index (χ2n) is 7.17. The zero-order valence-corrected chi connectivity index (χ0v) is 22.4. The molecule has 2 amide bonds. The Bertz CT molecular complexity index is 1320. The van der Waals surface area contributed by atoms with Crippen molar-refractivity contribution < 1.29 is 19.1 Å². The minimum atomic E-state index is -0.324. The van der Waals surface area contributed by atoms with Crippen molar-refractivity contribution in [3.63, 3.8) is 0 Å². The van der Waals surface area contributed by atoms with Gasteiger partial charge in [0.25, 0.3) is 5.91 Å². The molecule has 2 aromatic heterocycles. The summed E-state index contributed by atoms with van der Waals surface area (Å²) in [7, 11) is 3.04. The van der Waals surface area contributed by atoms with E-state index in [9.17, 15) is 9.59 Å². The minimum Gasteiger partial charge on any atom is -0.497 e. The van der Waals surface area contributed by atoms with Gasteiger partial charge in [-0.3, -0.25) is 14.2 Å². The average molecular weight is 589 g/mol. The number of amides is 2. The van der Waals surface area contributed by atoms with Crippen LogP contribution < -0.4 is 20.1 Å². The maximum Gasteiger partial charge on any atom is 0.251 e. The molecule has 2 heterocycles. The molecule has 13 heteroatoms. The van der Waals surface area contributed by atoms with Gasteiger partial charge in [0.2, 0.25) is 5.91 Å². The molecule has 0 atom stereocenters. The van der Waals surface area contributed by atoms with Crippen LogP contribution in [-0.2, 0) is 11.3 Å². The van der Waals surface area contributed by atoms with Crippen LogP contribution in [0.5, 0.6) is 11.5 Å². The van der Waals surface area contributed by atoms with Crippen molar-refractivity contribution in [1.29, 1.82) is 0 Å². The quantitative estimate of drug-likeness (QED) is 0.265. The van der Waals surface area contributed by atoms with Crippen molar-refractivity contribution in [3.8, 4) is 17.2 Å². The summed E-state index contributed by atoms with van der Waals surface area (Å²) >= 11 is 6.02. The summed E-state index contributed by atoms with van der Waals surface area (Å²) in [4.78, 5) is 29.3. The molecule has 0 spiro atoms. The fraction of sp³-hybridized carbons (Fsp3) is 0.174. The summed E-state index contributed by atoms with van der Waals surface area (Å²) in [6.07, 6.45) is 1.62. The molecular weight excluding hydrogens is 568 g/mol. The molecule has 0 saturated heterocycles. The molecule has 0 aliphatic heterocycles. The van der Waals surface area contributed by atoms with Gasteiger partial charge < -0.3 is 20.1 Å². The number of hydrogen-bond acceptors (Lipinski definition) is 9. The molecule has 0 bridgehead atoms. The normalized spacial score (nSPS) is 10.6. The van der Waals surface area contributed by atoms with Crippen molar-refractivity contribution in [1.82, 2.24) is 25.1 Å². The number of aromatic nitrogens is 4. The standard InChI is InChI=1S/C23H21BrN6O4S2/c1-33-17-9-14(10-18(11-17)34-2)21(32)26-12-19-28-29-23(30(19)16-5-3-15(24)4-6-16)36-13-20(31)27-22-25-7-8-35-22/h3-11H,12-13H2,1-2H3,(H,26,32)(H,25,27,31). The smallest absolute Gasteiger partial charge is 0.251 e. The number of anilines is 1. The topological polar surface area (TPSA) is 120 Å². The number of halogens is 1. The lowest BCUT2D eigenvalue weighted by Gasteiger charge is -2.12. The average Bonchev–Trinajstić information content (AvgIpc) is 3.56. The Hall–Kier alpha value is -3.42. The summed E-state index contributed by atoms with van der Waals surface area (Å²) in [5, 5.41) is 17.0. The number of carbonyl (C=O) groups is 2. The van der Waals surface area contributed by atoms with Crippen molar-refractivity contribution in [3.05, 3.63) is 69.9 Å². The first-order chi connectivity index (χ1) is 17.5. The zero-order chi connectivity index (χ0) is 25.5. The van der Waals surface area contributed by atoms with E-state index >= 15 is 0 Å². The molecule has 4 aromatic rings. The van der Waals surface area contributed by atoms with Crippen molar-refractivity contribution in [2.75, 3.05) is 25.3 Å². The van der Waals surface area contributed by atoms with E-state index in [1.54, 1.807) is 34.3 Å². The fourth-order valence-electron chi connectivity index (χ4n) is 3.13. The lowest BCUT2D eigenvalue weighted by Crippen LogP contribution is -2.24. The van der Waals surface area contributed by atoms with Gasteiger partial charge in [0.05, 0.1) is 26.5 Å². The third kappa shape index (κ3) is 6.42. The number of carbonyl (C=O) groups excluding carboxylic acids is 2. The van der Waals surface area contributed by atoms with Crippen molar-refractivity contribution in [2.45, 2.75) is 11.7 Å². The molecule has 0 aliphatic rings. The van der Waals surface area contributed by atoms with Crippen LogP contribution in [0.4, 0.5) is 5.13 Å². The monoisotopic (exact) mass is 588 g/mol. The molecule has 36 heavy (non-hydrogen) atoms. The first-order valence-electron chi connectivity index (χ1n) is 10.5. The van der Waals surface area contributed by atoms with Crippen molar-refractivity contribution >= 4 is 56.0 Å². The number of methoxy groups -OCH3 is 2. The number of benzene rings is 2. The Labute approximate surface area is 223 Å². The zero-order valence-electron chi connectivity index (χ0n) is 19.2. The van der Waals surface area contributed by atoms with E-state index in [1.807, 2.05) is 24.3 Å². The van der Waals surface area contributed by atoms with Crippen LogP contribution in [0.2, 0.25) is 0 Å². The van der Waals surface area contributed by atoms with E-state index in [0.29, 0.717) is 33.2 Å². The Morgan fingerprint density at radius 3 is 2.44 bits per heavy atom. The van der Waals surface area contributed by atoms with Gasteiger partial charge in [0.1, 0.15) is 11.5 Å². The lowest BCUT2D eigenvalue weighted by atomic mass is 10.2. The molecule has 186 valence electrons. The number of nitrogens with one attached hydrogen (secondary N) is 2. The Balaban J connectivity index is 1.52. The molecule has 0 unspecified atom stereocenters. The predicted octanol–water partition coefficient (Wildman–Crippen LogP) is 4.16. The Kier molecular flexibility index (Phi) is 8.57. The third-order valence-corrected chi connectivity index (χ3v) is 6.96. The second-order valence-corrected chi connectivity index (χ2v) is 9.92. The molecule has 4 rings (SSSR count). The summed E-state index contributed by atoms with van der Waals surface area (Å²) in [5.41, 5.74) is 1.17. The lowest BCUT2D eigenvalue weighted by molar-refractivity contribution is -0.113. The van der Waals surface area contributed by atoms with Crippen LogP contribution in [0.3, 0.4) is 0 Å². The molecule has 2 aromatic carbocycles. The Morgan fingerprint density at radius 1 is 1.08 bits per heavy atom. The van der Waals surface area contributed by atoms with Crippen molar-refractivity contribution in [2.24, 2.45) is 0 Å². The van der Waals surface area contributed by atoms with Gasteiger partial charge in [-0.2, -0.15) is 0 Å². The van der Waals surface area contributed by atoms with E-state index in [2.05, 4.69) is 41.7 Å². The van der Waals surface area contributed by atoms with Crippen LogP contribution in [0.25, 0.3) is 5.69 Å². The SMILES string of the molecule is COc1cc(OC)cc(C(=O)NCc2nnc(SCC(=O)Nc3nccs3)n2-c2ccc(Br)cc2)c1. The summed E-state index contributed by atoms with van der Waals surface area (Å²) < 4.78 is 13.2. The fourth-order valence-corrected chi connectivity index (χ4v) is 4.71. The van der Waals surface area contributed by atoms with Gasteiger partial charge >= 0.3 is 0 Å². The summed E-state index contributed by atoms with van der Waals surface area (Å²) in [6.45, 7) is 0.104. The third-order valence-electron chi connectivity index (χ3n) is 4.82. The maximum atomic E-state index is 12.9. The second kappa shape index (κ2) is 12.0. The van der Waals surface area contributed by atoms with Crippen LogP contribution in [0, 0.1) is 0 Å². The first-order valence-corrected chi connectivity index (χ1v) is 13.2. The van der Waals surface area contributed by atoms with E-state index in [4.69, 9.17) is 9.47 Å². The van der Waals surface area contributed by atoms with Gasteiger partial charge in [-0.15, -0.1) is 21.5 Å². The summed E-state index contributed by atoms with van der Waals surface area (Å²) in [6, 6.07) is 12.5. The number of hydrogen-bond donors (Lipinski definition) is 2. The van der Waals surface area contributed by atoms with Crippen LogP contribution in [0.15, 0.2) is 63.7 Å². The highest BCUT2D eigenvalue weighted by Crippen LogP contribution is 2.25. The number of rotatable bonds is 10. The maximum absolute atomic E-state index is 12.9. The number of nitrogens with zero attached hydrogens (tertiary/aromatic N) is 4. The first kappa shape index (κ1) is 25.7. The van der Waals surface area contributed by atoms with Gasteiger partial charge in [0.15, 0.2) is 16.1 Å². The van der Waals surface area contributed by atoms with E-state index in [0.717, 1.165) is 10.2 Å². The van der Waals surface area contributed by atoms with E-state index in [1.165, 1.54) is 37.3 Å². The van der Waals surface area contributed by atoms with Crippen LogP contribution >= 0.6 is 39.0 Å². The van der Waals surface area contributed by atoms with Crippen LogP contribution in [0.1, 0.15) is 16.2 Å². The number of thiazole rings is 1. The van der Waals surface area contributed by atoms with Gasteiger partial charge in [-0.25, -0.2) is 4.98 Å². The molecule has 0 fully saturated rings. The number of thioether (sulfide) groups is 1. The predicted molar refractivity (Wildman–Crippen MR) is 141 cm³/mol. The highest BCUT2D eigenvalue weighted by atomic mass is 79.9. The van der Waals surface area contributed by atoms with Gasteiger partial charge in [-0.05, 0) is 36.4 Å². The van der Waals surface area contributed by atoms with E-state index < -0.39 is 0 Å². The Morgan fingerprint density at radius 2 is 1.81 bits per heavy atom. The molecule has 0 aliphatic carbocycles. The molecule has 10 nitrogen and oxygen atoms in total. The molecule has 0 radical (unpaired) electrons. The molecule has 2 N–H and O–H groups in total. The molecule has 0 saturated carbocycles. The van der Waals surface area contributed by atoms with E-state index in [-0.39, 0.29) is 24.1 Å². The minimum absolute atomic E-state index is 0.104.